The molecule has 5 aromatic rings. The minimum atomic E-state index is -0.521. The Morgan fingerprint density at radius 2 is 1.19 bits per heavy atom. The first kappa shape index (κ1) is 28.2. The molecule has 1 fully saturated rings. The maximum absolute atomic E-state index is 6.63. The molecular weight excluding hydrogens is 529 g/mol. The molecule has 220 valence electrons. The fraction of sp³-hybridized carbons (Fsp3) is 0.368. The molecule has 1 saturated heterocycles. The highest BCUT2D eigenvalue weighted by molar-refractivity contribution is 6.64. The second-order valence-corrected chi connectivity index (χ2v) is 14.9. The molecule has 0 atom stereocenters. The molecule has 1 aromatic heterocycles. The Labute approximate surface area is 255 Å². The van der Waals surface area contributed by atoms with Gasteiger partial charge in [-0.3, -0.25) is 0 Å². The van der Waals surface area contributed by atoms with E-state index in [9.17, 15) is 0 Å². The van der Waals surface area contributed by atoms with Crippen LogP contribution < -0.4 is 10.8 Å². The molecule has 0 unspecified atom stereocenters. The van der Waals surface area contributed by atoms with E-state index < -0.39 is 18.3 Å². The van der Waals surface area contributed by atoms with Gasteiger partial charge in [0, 0.05) is 33.7 Å². The van der Waals surface area contributed by atoms with E-state index in [0.29, 0.717) is 0 Å². The van der Waals surface area contributed by atoms with Crippen molar-refractivity contribution in [3.05, 3.63) is 90.0 Å². The topological polar surface area (TPSA) is 43.6 Å². The zero-order valence-electron chi connectivity index (χ0n) is 26.7. The summed E-state index contributed by atoms with van der Waals surface area (Å²) in [6.07, 6.45) is 2.34. The predicted octanol–water partition coefficient (Wildman–Crippen LogP) is 9.64. The highest BCUT2D eigenvalue weighted by Gasteiger charge is 2.52. The third-order valence-corrected chi connectivity index (χ3v) is 10.4. The molecule has 0 saturated carbocycles. The van der Waals surface area contributed by atoms with Crippen molar-refractivity contribution in [2.24, 2.45) is 0 Å². The first-order valence-electron chi connectivity index (χ1n) is 15.6. The molecule has 4 nitrogen and oxygen atoms in total. The van der Waals surface area contributed by atoms with Gasteiger partial charge in [-0.1, -0.05) is 70.2 Å². The lowest BCUT2D eigenvalue weighted by Gasteiger charge is -2.41. The molecule has 1 N–H and O–H groups in total. The number of nitrogens with one attached hydrogen (secondary N) is 1. The summed E-state index contributed by atoms with van der Waals surface area (Å²) >= 11 is 0. The van der Waals surface area contributed by atoms with Gasteiger partial charge in [-0.15, -0.1) is 0 Å². The van der Waals surface area contributed by atoms with Crippen molar-refractivity contribution >= 4 is 45.9 Å². The molecule has 2 aliphatic rings. The van der Waals surface area contributed by atoms with Gasteiger partial charge in [-0.2, -0.15) is 0 Å². The number of fused-ring (bicyclic) bond motifs is 4. The summed E-state index contributed by atoms with van der Waals surface area (Å²) in [6, 6.07) is 28.0. The van der Waals surface area contributed by atoms with Crippen molar-refractivity contribution in [3.63, 3.8) is 0 Å². The van der Waals surface area contributed by atoms with Gasteiger partial charge in [0.05, 0.1) is 11.2 Å². The molecule has 0 radical (unpaired) electrons. The Balaban J connectivity index is 1.40. The maximum Gasteiger partial charge on any atom is 0.497 e. The van der Waals surface area contributed by atoms with E-state index in [4.69, 9.17) is 13.7 Å². The summed E-state index contributed by atoms with van der Waals surface area (Å²) in [7, 11) is -0.521. The van der Waals surface area contributed by atoms with E-state index in [0.717, 1.165) is 44.3 Å². The van der Waals surface area contributed by atoms with Gasteiger partial charge in [0.2, 0.25) is 0 Å². The molecule has 5 heteroatoms. The van der Waals surface area contributed by atoms with Crippen molar-refractivity contribution in [2.45, 2.75) is 90.3 Å². The lowest BCUT2D eigenvalue weighted by atomic mass is 9.63. The van der Waals surface area contributed by atoms with Crippen LogP contribution in [0.3, 0.4) is 0 Å². The molecule has 0 amide bonds. The third-order valence-electron chi connectivity index (χ3n) is 10.4. The van der Waals surface area contributed by atoms with Crippen molar-refractivity contribution in [1.82, 2.24) is 0 Å². The molecule has 1 aliphatic heterocycles. The maximum atomic E-state index is 6.63. The first-order valence-corrected chi connectivity index (χ1v) is 15.6. The summed E-state index contributed by atoms with van der Waals surface area (Å²) in [4.78, 5) is 0. The number of anilines is 2. The van der Waals surface area contributed by atoms with Crippen molar-refractivity contribution in [3.8, 4) is 11.1 Å². The minimum Gasteiger partial charge on any atom is -0.456 e. The van der Waals surface area contributed by atoms with Gasteiger partial charge in [-0.05, 0) is 104 Å². The van der Waals surface area contributed by atoms with Crippen LogP contribution in [-0.2, 0) is 20.1 Å². The number of hydrogen-bond acceptors (Lipinski definition) is 4. The van der Waals surface area contributed by atoms with Crippen LogP contribution in [0, 0.1) is 0 Å². The van der Waals surface area contributed by atoms with E-state index in [2.05, 4.69) is 134 Å². The molecular formula is C38H42BNO3. The highest BCUT2D eigenvalue weighted by Crippen LogP contribution is 2.48. The fourth-order valence-electron chi connectivity index (χ4n) is 6.73. The average molecular weight is 572 g/mol. The first-order chi connectivity index (χ1) is 20.2. The molecule has 1 aliphatic carbocycles. The molecule has 7 rings (SSSR count). The van der Waals surface area contributed by atoms with Crippen molar-refractivity contribution in [1.29, 1.82) is 0 Å². The predicted molar refractivity (Wildman–Crippen MR) is 180 cm³/mol. The molecule has 43 heavy (non-hydrogen) atoms. The van der Waals surface area contributed by atoms with Gasteiger partial charge in [0.1, 0.15) is 11.2 Å². The van der Waals surface area contributed by atoms with Crippen LogP contribution in [0.15, 0.2) is 83.3 Å². The third kappa shape index (κ3) is 4.69. The SMILES string of the molecule is CC1(C)CCC(C)(C)c2cc3c(cc21)oc1cc(Nc2cccc(-c4ccccc4)c2)c(B2OC(C)(C)C(C)(C)O2)cc13. The Morgan fingerprint density at radius 1 is 0.605 bits per heavy atom. The standard InChI is InChI=1S/C38H42BNO3/c1-35(2)17-18-36(3,4)30-22-33-27(20-29(30)35)28-21-31(39-42-37(5,6)38(7,8)43-39)32(23-34(28)41-33)40-26-16-12-15-25(19-26)24-13-10-9-11-14-24/h9-16,19-23,40H,17-18H2,1-8H3. The lowest BCUT2D eigenvalue weighted by Crippen LogP contribution is -2.41. The van der Waals surface area contributed by atoms with Crippen LogP contribution in [0.25, 0.3) is 33.1 Å². The Bertz CT molecular complexity index is 1850. The second kappa shape index (κ2) is 9.48. The lowest BCUT2D eigenvalue weighted by molar-refractivity contribution is 0.00578. The van der Waals surface area contributed by atoms with Crippen LogP contribution in [0.5, 0.6) is 0 Å². The minimum absolute atomic E-state index is 0.113. The Kier molecular flexibility index (Phi) is 6.23. The second-order valence-electron chi connectivity index (χ2n) is 14.9. The smallest absolute Gasteiger partial charge is 0.456 e. The summed E-state index contributed by atoms with van der Waals surface area (Å²) in [5.74, 6) is 0. The number of furan rings is 1. The molecule has 4 aromatic carbocycles. The quantitative estimate of drug-likeness (QED) is 0.218. The van der Waals surface area contributed by atoms with Crippen LogP contribution in [0.4, 0.5) is 11.4 Å². The average Bonchev–Trinajstić information content (AvgIpc) is 3.41. The van der Waals surface area contributed by atoms with Crippen LogP contribution in [0.1, 0.15) is 79.4 Å². The number of hydrogen-bond donors (Lipinski definition) is 1. The monoisotopic (exact) mass is 571 g/mol. The van der Waals surface area contributed by atoms with Gasteiger partial charge in [-0.25, -0.2) is 0 Å². The Hall–Kier alpha value is -3.54. The van der Waals surface area contributed by atoms with Gasteiger partial charge in [0.15, 0.2) is 0 Å². The van der Waals surface area contributed by atoms with Crippen LogP contribution in [-0.4, -0.2) is 18.3 Å². The van der Waals surface area contributed by atoms with Crippen LogP contribution >= 0.6 is 0 Å². The van der Waals surface area contributed by atoms with E-state index in [1.807, 2.05) is 6.07 Å². The zero-order valence-corrected chi connectivity index (χ0v) is 26.7. The number of benzene rings is 4. The van der Waals surface area contributed by atoms with Crippen molar-refractivity contribution < 1.29 is 13.7 Å². The zero-order chi connectivity index (χ0) is 30.4. The summed E-state index contributed by atoms with van der Waals surface area (Å²) in [5, 5.41) is 5.95. The number of rotatable bonds is 4. The Morgan fingerprint density at radius 3 is 1.86 bits per heavy atom. The largest absolute Gasteiger partial charge is 0.497 e. The molecule has 0 bridgehead atoms. The van der Waals surface area contributed by atoms with Gasteiger partial charge < -0.3 is 19.0 Å². The van der Waals surface area contributed by atoms with Crippen LogP contribution in [0.2, 0.25) is 0 Å². The summed E-state index contributed by atoms with van der Waals surface area (Å²) < 4.78 is 19.9. The van der Waals surface area contributed by atoms with E-state index >= 15 is 0 Å². The van der Waals surface area contributed by atoms with E-state index in [1.165, 1.54) is 29.5 Å². The highest BCUT2D eigenvalue weighted by atomic mass is 16.7. The summed E-state index contributed by atoms with van der Waals surface area (Å²) in [5.41, 5.74) is 9.15. The fourth-order valence-corrected chi connectivity index (χ4v) is 6.73. The van der Waals surface area contributed by atoms with Crippen molar-refractivity contribution in [2.75, 3.05) is 5.32 Å². The van der Waals surface area contributed by atoms with Gasteiger partial charge in [0.25, 0.3) is 0 Å². The summed E-state index contributed by atoms with van der Waals surface area (Å²) in [6.45, 7) is 17.9. The van der Waals surface area contributed by atoms with E-state index in [-0.39, 0.29) is 10.8 Å². The molecule has 0 spiro atoms. The van der Waals surface area contributed by atoms with Gasteiger partial charge >= 0.3 is 7.12 Å². The normalized spacial score (nSPS) is 20.0. The van der Waals surface area contributed by atoms with E-state index in [1.54, 1.807) is 0 Å². The molecule has 2 heterocycles.